The molecule has 5 heteroatoms. The predicted molar refractivity (Wildman–Crippen MR) is 58.9 cm³/mol. The number of hydrogen-bond acceptors (Lipinski definition) is 1. The van der Waals surface area contributed by atoms with Crippen molar-refractivity contribution in [2.24, 2.45) is 0 Å². The largest absolute Gasteiger partial charge is 0.309 e. The van der Waals surface area contributed by atoms with E-state index in [9.17, 15) is 13.2 Å². The van der Waals surface area contributed by atoms with E-state index in [1.165, 1.54) is 6.07 Å². The summed E-state index contributed by atoms with van der Waals surface area (Å²) < 4.78 is 39.1. The minimum atomic E-state index is -2.53. The van der Waals surface area contributed by atoms with Gasteiger partial charge in [0.2, 0.25) is 0 Å². The van der Waals surface area contributed by atoms with E-state index in [2.05, 4.69) is 21.2 Å². The molecule has 0 aliphatic heterocycles. The Morgan fingerprint density at radius 2 is 2.06 bits per heavy atom. The molecular weight excluding hydrogens is 283 g/mol. The summed E-state index contributed by atoms with van der Waals surface area (Å²) in [5.74, 6) is -2.85. The molecule has 0 heterocycles. The van der Waals surface area contributed by atoms with Gasteiger partial charge in [0.15, 0.2) is 0 Å². The Balaban J connectivity index is 1.88. The summed E-state index contributed by atoms with van der Waals surface area (Å²) in [4.78, 5) is 0. The topological polar surface area (TPSA) is 12.0 Å². The Bertz CT molecular complexity index is 387. The summed E-state index contributed by atoms with van der Waals surface area (Å²) in [5.41, 5.74) is 0.490. The molecule has 0 radical (unpaired) electrons. The van der Waals surface area contributed by atoms with Crippen molar-refractivity contribution in [3.05, 3.63) is 34.1 Å². The Hall–Kier alpha value is -0.550. The molecule has 0 amide bonds. The molecule has 1 saturated carbocycles. The number of hydrogen-bond donors (Lipinski definition) is 1. The van der Waals surface area contributed by atoms with Gasteiger partial charge in [-0.05, 0) is 18.2 Å². The second kappa shape index (κ2) is 4.37. The van der Waals surface area contributed by atoms with Gasteiger partial charge in [-0.15, -0.1) is 0 Å². The Kier molecular flexibility index (Phi) is 3.26. The van der Waals surface area contributed by atoms with Crippen LogP contribution in [0.25, 0.3) is 0 Å². The van der Waals surface area contributed by atoms with Gasteiger partial charge in [-0.2, -0.15) is 0 Å². The van der Waals surface area contributed by atoms with Gasteiger partial charge in [-0.1, -0.05) is 15.9 Å². The molecule has 0 unspecified atom stereocenters. The SMILES string of the molecule is Fc1ccc(Br)cc1CNC1CC(F)(F)C1. The highest BCUT2D eigenvalue weighted by atomic mass is 79.9. The van der Waals surface area contributed by atoms with Crippen LogP contribution in [0.5, 0.6) is 0 Å². The van der Waals surface area contributed by atoms with E-state index < -0.39 is 5.92 Å². The van der Waals surface area contributed by atoms with Gasteiger partial charge in [0, 0.05) is 35.5 Å². The standard InChI is InChI=1S/C11H11BrF3N/c12-8-1-2-10(13)7(3-8)6-16-9-4-11(14,15)5-9/h1-3,9,16H,4-6H2. The van der Waals surface area contributed by atoms with Crippen LogP contribution in [0, 0.1) is 5.82 Å². The highest BCUT2D eigenvalue weighted by Gasteiger charge is 2.44. The summed E-state index contributed by atoms with van der Waals surface area (Å²) in [7, 11) is 0. The van der Waals surface area contributed by atoms with Crippen LogP contribution in [0.3, 0.4) is 0 Å². The van der Waals surface area contributed by atoms with Crippen LogP contribution in [-0.2, 0) is 6.54 Å². The van der Waals surface area contributed by atoms with Crippen molar-refractivity contribution in [1.82, 2.24) is 5.32 Å². The molecule has 1 nitrogen and oxygen atoms in total. The van der Waals surface area contributed by atoms with Gasteiger partial charge >= 0.3 is 0 Å². The molecule has 1 fully saturated rings. The molecule has 0 saturated heterocycles. The van der Waals surface area contributed by atoms with E-state index in [1.807, 2.05) is 0 Å². The number of nitrogens with one attached hydrogen (secondary N) is 1. The van der Waals surface area contributed by atoms with Gasteiger partial charge in [0.25, 0.3) is 5.92 Å². The Morgan fingerprint density at radius 3 is 2.69 bits per heavy atom. The summed E-state index contributed by atoms with van der Waals surface area (Å²) in [6.07, 6.45) is -0.300. The van der Waals surface area contributed by atoms with Crippen LogP contribution in [-0.4, -0.2) is 12.0 Å². The zero-order valence-corrected chi connectivity index (χ0v) is 10.0. The smallest absolute Gasteiger partial charge is 0.251 e. The van der Waals surface area contributed by atoms with E-state index in [4.69, 9.17) is 0 Å². The Labute approximate surface area is 100 Å². The average Bonchev–Trinajstić information content (AvgIpc) is 2.16. The van der Waals surface area contributed by atoms with Crippen molar-refractivity contribution in [3.8, 4) is 0 Å². The quantitative estimate of drug-likeness (QED) is 0.900. The molecule has 0 aromatic heterocycles. The van der Waals surface area contributed by atoms with Crippen LogP contribution in [0.2, 0.25) is 0 Å². The van der Waals surface area contributed by atoms with Crippen molar-refractivity contribution < 1.29 is 13.2 Å². The third kappa shape index (κ3) is 2.77. The van der Waals surface area contributed by atoms with Crippen LogP contribution < -0.4 is 5.32 Å². The first-order valence-electron chi connectivity index (χ1n) is 5.01. The molecule has 0 spiro atoms. The van der Waals surface area contributed by atoms with Gasteiger partial charge in [-0.3, -0.25) is 0 Å². The highest BCUT2D eigenvalue weighted by molar-refractivity contribution is 9.10. The highest BCUT2D eigenvalue weighted by Crippen LogP contribution is 2.37. The molecule has 1 aromatic rings. The van der Waals surface area contributed by atoms with Gasteiger partial charge in [0.1, 0.15) is 5.82 Å². The van der Waals surface area contributed by atoms with Crippen molar-refractivity contribution in [2.45, 2.75) is 31.4 Å². The number of benzene rings is 1. The third-order valence-electron chi connectivity index (χ3n) is 2.68. The van der Waals surface area contributed by atoms with Crippen LogP contribution in [0.4, 0.5) is 13.2 Å². The van der Waals surface area contributed by atoms with Crippen molar-refractivity contribution in [1.29, 1.82) is 0 Å². The van der Waals surface area contributed by atoms with E-state index in [-0.39, 0.29) is 31.2 Å². The van der Waals surface area contributed by atoms with Crippen LogP contribution in [0.15, 0.2) is 22.7 Å². The summed E-state index contributed by atoms with van der Waals surface area (Å²) in [5, 5.41) is 2.92. The maximum absolute atomic E-state index is 13.3. The number of halogens is 4. The molecule has 1 aromatic carbocycles. The van der Waals surface area contributed by atoms with Gasteiger partial charge < -0.3 is 5.32 Å². The summed E-state index contributed by atoms with van der Waals surface area (Å²) >= 11 is 3.24. The van der Waals surface area contributed by atoms with Gasteiger partial charge in [-0.25, -0.2) is 13.2 Å². The number of alkyl halides is 2. The van der Waals surface area contributed by atoms with Crippen LogP contribution in [0.1, 0.15) is 18.4 Å². The zero-order chi connectivity index (χ0) is 11.8. The van der Waals surface area contributed by atoms with Crippen LogP contribution >= 0.6 is 15.9 Å². The lowest BCUT2D eigenvalue weighted by Gasteiger charge is -2.35. The predicted octanol–water partition coefficient (Wildman–Crippen LogP) is 3.48. The fourth-order valence-electron chi connectivity index (χ4n) is 1.74. The first kappa shape index (κ1) is 11.9. The zero-order valence-electron chi connectivity index (χ0n) is 8.44. The van der Waals surface area contributed by atoms with E-state index in [0.29, 0.717) is 5.56 Å². The lowest BCUT2D eigenvalue weighted by molar-refractivity contribution is -0.0930. The fraction of sp³-hybridized carbons (Fsp3) is 0.455. The van der Waals surface area contributed by atoms with E-state index in [0.717, 1.165) is 4.47 Å². The molecule has 16 heavy (non-hydrogen) atoms. The summed E-state index contributed by atoms with van der Waals surface area (Å²) in [6.45, 7) is 0.284. The second-order valence-corrected chi connectivity index (χ2v) is 4.99. The molecule has 1 N–H and O–H groups in total. The normalized spacial score (nSPS) is 19.5. The molecule has 2 rings (SSSR count). The second-order valence-electron chi connectivity index (χ2n) is 4.08. The van der Waals surface area contributed by atoms with Crippen molar-refractivity contribution >= 4 is 15.9 Å². The summed E-state index contributed by atoms with van der Waals surface area (Å²) in [6, 6.07) is 4.42. The maximum atomic E-state index is 13.3. The van der Waals surface area contributed by atoms with E-state index in [1.54, 1.807) is 12.1 Å². The minimum absolute atomic E-state index is 0.150. The maximum Gasteiger partial charge on any atom is 0.251 e. The average molecular weight is 294 g/mol. The fourth-order valence-corrected chi connectivity index (χ4v) is 2.15. The van der Waals surface area contributed by atoms with Gasteiger partial charge in [0.05, 0.1) is 0 Å². The molecule has 0 bridgehead atoms. The minimum Gasteiger partial charge on any atom is -0.309 e. The molecule has 88 valence electrons. The molecule has 1 aliphatic carbocycles. The third-order valence-corrected chi connectivity index (χ3v) is 3.17. The lowest BCUT2D eigenvalue weighted by Crippen LogP contribution is -2.48. The number of rotatable bonds is 3. The monoisotopic (exact) mass is 293 g/mol. The Morgan fingerprint density at radius 1 is 1.38 bits per heavy atom. The molecular formula is C11H11BrF3N. The molecule has 1 aliphatic rings. The van der Waals surface area contributed by atoms with Crippen molar-refractivity contribution in [3.63, 3.8) is 0 Å². The van der Waals surface area contributed by atoms with E-state index >= 15 is 0 Å². The van der Waals surface area contributed by atoms with Crippen molar-refractivity contribution in [2.75, 3.05) is 0 Å². The molecule has 0 atom stereocenters. The first-order valence-corrected chi connectivity index (χ1v) is 5.81. The first-order chi connectivity index (χ1) is 7.46. The lowest BCUT2D eigenvalue weighted by atomic mass is 9.88.